The van der Waals surface area contributed by atoms with Crippen LogP contribution in [0.15, 0.2) is 77.9 Å². The van der Waals surface area contributed by atoms with Gasteiger partial charge in [-0.1, -0.05) is 30.3 Å². The van der Waals surface area contributed by atoms with Crippen LogP contribution < -0.4 is 14.9 Å². The number of rotatable bonds is 7. The van der Waals surface area contributed by atoms with Crippen molar-refractivity contribution in [1.29, 1.82) is 0 Å². The van der Waals surface area contributed by atoms with E-state index in [1.165, 1.54) is 30.5 Å². The average molecular weight is 376 g/mol. The van der Waals surface area contributed by atoms with E-state index in [9.17, 15) is 9.90 Å². The summed E-state index contributed by atoms with van der Waals surface area (Å²) in [5.41, 5.74) is 4.64. The van der Waals surface area contributed by atoms with E-state index >= 15 is 0 Å². The second-order valence-corrected chi connectivity index (χ2v) is 5.93. The van der Waals surface area contributed by atoms with Crippen LogP contribution in [0.1, 0.15) is 21.5 Å². The first-order chi connectivity index (χ1) is 13.7. The summed E-state index contributed by atoms with van der Waals surface area (Å²) >= 11 is 0. The second kappa shape index (κ2) is 9.23. The Labute approximate surface area is 163 Å². The molecular formula is C22H20N2O4. The molecule has 0 aliphatic carbocycles. The van der Waals surface area contributed by atoms with Crippen LogP contribution in [0.2, 0.25) is 0 Å². The number of hydrogen-bond acceptors (Lipinski definition) is 5. The third kappa shape index (κ3) is 5.11. The first-order valence-corrected chi connectivity index (χ1v) is 8.63. The Morgan fingerprint density at radius 2 is 1.79 bits per heavy atom. The molecule has 0 heterocycles. The van der Waals surface area contributed by atoms with Crippen LogP contribution in [0, 0.1) is 0 Å². The number of amides is 1. The Hall–Kier alpha value is -3.80. The minimum absolute atomic E-state index is 0.0984. The molecule has 0 aliphatic heterocycles. The van der Waals surface area contributed by atoms with E-state index in [0.717, 1.165) is 11.1 Å². The minimum Gasteiger partial charge on any atom is -0.508 e. The molecule has 0 unspecified atom stereocenters. The van der Waals surface area contributed by atoms with Crippen molar-refractivity contribution in [3.05, 3.63) is 89.5 Å². The Kier molecular flexibility index (Phi) is 6.25. The number of aromatic hydroxyl groups is 1. The van der Waals surface area contributed by atoms with Crippen LogP contribution in [0.3, 0.4) is 0 Å². The van der Waals surface area contributed by atoms with E-state index in [0.29, 0.717) is 23.7 Å². The molecule has 3 aromatic carbocycles. The number of nitrogens with zero attached hydrogens (tertiary/aromatic N) is 1. The van der Waals surface area contributed by atoms with Crippen LogP contribution in [-0.4, -0.2) is 24.3 Å². The van der Waals surface area contributed by atoms with E-state index in [-0.39, 0.29) is 11.7 Å². The summed E-state index contributed by atoms with van der Waals surface area (Å²) < 4.78 is 11.2. The maximum atomic E-state index is 12.0. The molecule has 0 saturated carbocycles. The molecule has 1 amide bonds. The SMILES string of the molecule is COc1ccc(C=NNC(=O)c2ccc(O)cc2)cc1OCc1ccccc1. The molecule has 142 valence electrons. The fraction of sp³-hybridized carbons (Fsp3) is 0.0909. The number of methoxy groups -OCH3 is 1. The molecule has 28 heavy (non-hydrogen) atoms. The number of benzene rings is 3. The Balaban J connectivity index is 1.65. The molecule has 0 fully saturated rings. The van der Waals surface area contributed by atoms with Gasteiger partial charge in [0.2, 0.25) is 0 Å². The number of ether oxygens (including phenoxy) is 2. The maximum Gasteiger partial charge on any atom is 0.271 e. The second-order valence-electron chi connectivity index (χ2n) is 5.93. The highest BCUT2D eigenvalue weighted by Gasteiger charge is 2.07. The predicted octanol–water partition coefficient (Wildman–Crippen LogP) is 3.74. The zero-order chi connectivity index (χ0) is 19.8. The molecule has 6 heteroatoms. The molecule has 0 saturated heterocycles. The van der Waals surface area contributed by atoms with Crippen molar-refractivity contribution in [2.24, 2.45) is 5.10 Å². The molecular weight excluding hydrogens is 356 g/mol. The van der Waals surface area contributed by atoms with Crippen LogP contribution >= 0.6 is 0 Å². The van der Waals surface area contributed by atoms with Gasteiger partial charge in [0.25, 0.3) is 5.91 Å². The van der Waals surface area contributed by atoms with Gasteiger partial charge in [0.05, 0.1) is 13.3 Å². The molecule has 3 aromatic rings. The molecule has 0 atom stereocenters. The summed E-state index contributed by atoms with van der Waals surface area (Å²) in [4.78, 5) is 12.0. The average Bonchev–Trinajstić information content (AvgIpc) is 2.73. The van der Waals surface area contributed by atoms with Crippen molar-refractivity contribution >= 4 is 12.1 Å². The predicted molar refractivity (Wildman–Crippen MR) is 107 cm³/mol. The quantitative estimate of drug-likeness (QED) is 0.486. The van der Waals surface area contributed by atoms with Crippen LogP contribution in [0.25, 0.3) is 0 Å². The van der Waals surface area contributed by atoms with E-state index in [1.807, 2.05) is 36.4 Å². The fourth-order valence-corrected chi connectivity index (χ4v) is 2.46. The van der Waals surface area contributed by atoms with Gasteiger partial charge < -0.3 is 14.6 Å². The monoisotopic (exact) mass is 376 g/mol. The number of nitrogens with one attached hydrogen (secondary N) is 1. The number of phenolic OH excluding ortho intramolecular Hbond substituents is 1. The van der Waals surface area contributed by atoms with Gasteiger partial charge in [0, 0.05) is 5.56 Å². The number of carbonyl (C=O) groups is 1. The number of phenols is 1. The number of hydrogen-bond donors (Lipinski definition) is 2. The van der Waals surface area contributed by atoms with Crippen LogP contribution in [0.5, 0.6) is 17.2 Å². The highest BCUT2D eigenvalue weighted by atomic mass is 16.5. The van der Waals surface area contributed by atoms with E-state index in [1.54, 1.807) is 19.2 Å². The first-order valence-electron chi connectivity index (χ1n) is 8.63. The highest BCUT2D eigenvalue weighted by Crippen LogP contribution is 2.28. The lowest BCUT2D eigenvalue weighted by Crippen LogP contribution is -2.17. The summed E-state index contributed by atoms with van der Waals surface area (Å²) in [6, 6.07) is 21.1. The Bertz CT molecular complexity index is 954. The van der Waals surface area contributed by atoms with E-state index in [4.69, 9.17) is 9.47 Å². The molecule has 2 N–H and O–H groups in total. The Morgan fingerprint density at radius 3 is 2.50 bits per heavy atom. The van der Waals surface area contributed by atoms with Gasteiger partial charge in [-0.25, -0.2) is 5.43 Å². The minimum atomic E-state index is -0.370. The van der Waals surface area contributed by atoms with Gasteiger partial charge in [0.15, 0.2) is 11.5 Å². The fourth-order valence-electron chi connectivity index (χ4n) is 2.46. The zero-order valence-electron chi connectivity index (χ0n) is 15.3. The summed E-state index contributed by atoms with van der Waals surface area (Å²) in [5.74, 6) is 0.924. The summed E-state index contributed by atoms with van der Waals surface area (Å²) in [7, 11) is 1.58. The topological polar surface area (TPSA) is 80.2 Å². The molecule has 0 aromatic heterocycles. The lowest BCUT2D eigenvalue weighted by Gasteiger charge is -2.11. The standard InChI is InChI=1S/C22H20N2O4/c1-27-20-12-7-17(13-21(20)28-15-16-5-3-2-4-6-16)14-23-24-22(26)18-8-10-19(25)11-9-18/h2-14,25H,15H2,1H3,(H,24,26). The lowest BCUT2D eigenvalue weighted by atomic mass is 10.2. The van der Waals surface area contributed by atoms with Gasteiger partial charge in [0.1, 0.15) is 12.4 Å². The van der Waals surface area contributed by atoms with Crippen LogP contribution in [-0.2, 0) is 6.61 Å². The largest absolute Gasteiger partial charge is 0.508 e. The van der Waals surface area contributed by atoms with Gasteiger partial charge in [-0.2, -0.15) is 5.10 Å². The zero-order valence-corrected chi connectivity index (χ0v) is 15.3. The molecule has 6 nitrogen and oxygen atoms in total. The van der Waals surface area contributed by atoms with Gasteiger partial charge in [-0.15, -0.1) is 0 Å². The van der Waals surface area contributed by atoms with E-state index in [2.05, 4.69) is 10.5 Å². The molecule has 0 aliphatic rings. The molecule has 0 spiro atoms. The van der Waals surface area contributed by atoms with Crippen molar-refractivity contribution in [3.63, 3.8) is 0 Å². The number of carbonyl (C=O) groups excluding carboxylic acids is 1. The highest BCUT2D eigenvalue weighted by molar-refractivity contribution is 5.95. The molecule has 0 bridgehead atoms. The number of hydrazone groups is 1. The normalized spacial score (nSPS) is 10.6. The van der Waals surface area contributed by atoms with E-state index < -0.39 is 0 Å². The van der Waals surface area contributed by atoms with Crippen molar-refractivity contribution in [2.75, 3.05) is 7.11 Å². The van der Waals surface area contributed by atoms with Crippen molar-refractivity contribution in [3.8, 4) is 17.2 Å². The summed E-state index contributed by atoms with van der Waals surface area (Å²) in [5, 5.41) is 13.2. The van der Waals surface area contributed by atoms with Crippen molar-refractivity contribution in [2.45, 2.75) is 6.61 Å². The van der Waals surface area contributed by atoms with Crippen molar-refractivity contribution in [1.82, 2.24) is 5.43 Å². The maximum absolute atomic E-state index is 12.0. The smallest absolute Gasteiger partial charge is 0.271 e. The summed E-state index contributed by atoms with van der Waals surface area (Å²) in [6.45, 7) is 0.412. The van der Waals surface area contributed by atoms with Gasteiger partial charge >= 0.3 is 0 Å². The van der Waals surface area contributed by atoms with Gasteiger partial charge in [-0.3, -0.25) is 4.79 Å². The molecule has 0 radical (unpaired) electrons. The van der Waals surface area contributed by atoms with Gasteiger partial charge in [-0.05, 0) is 53.6 Å². The third-order valence-electron chi connectivity index (χ3n) is 3.93. The molecule has 3 rings (SSSR count). The lowest BCUT2D eigenvalue weighted by molar-refractivity contribution is 0.0955. The van der Waals surface area contributed by atoms with Crippen LogP contribution in [0.4, 0.5) is 0 Å². The first kappa shape index (κ1) is 19.0. The Morgan fingerprint density at radius 1 is 1.04 bits per heavy atom. The van der Waals surface area contributed by atoms with Crippen molar-refractivity contribution < 1.29 is 19.4 Å². The summed E-state index contributed by atoms with van der Waals surface area (Å²) in [6.07, 6.45) is 1.52. The third-order valence-corrected chi connectivity index (χ3v) is 3.93.